The number of carbonyl (C=O) groups is 1. The highest BCUT2D eigenvalue weighted by Gasteiger charge is 2.41. The lowest BCUT2D eigenvalue weighted by molar-refractivity contribution is -0.185. The first-order valence-electron chi connectivity index (χ1n) is 8.65. The van der Waals surface area contributed by atoms with E-state index in [1.54, 1.807) is 24.3 Å². The van der Waals surface area contributed by atoms with Crippen LogP contribution in [-0.2, 0) is 4.74 Å². The Kier molecular flexibility index (Phi) is 5.12. The Morgan fingerprint density at radius 3 is 2.35 bits per heavy atom. The lowest BCUT2D eigenvalue weighted by Crippen LogP contribution is -2.32. The number of aryl methyl sites for hydroxylation is 1. The Balaban J connectivity index is 1.80. The Morgan fingerprint density at radius 2 is 1.73 bits per heavy atom. The molecule has 0 aromatic heterocycles. The Hall–Kier alpha value is -2.24. The monoisotopic (exact) mass is 366 g/mol. The van der Waals surface area contributed by atoms with Crippen LogP contribution >= 0.6 is 0 Å². The minimum Gasteiger partial charge on any atom is -0.490 e. The van der Waals surface area contributed by atoms with Crippen LogP contribution in [0.4, 0.5) is 13.2 Å². The molecule has 0 heterocycles. The van der Waals surface area contributed by atoms with E-state index >= 15 is 0 Å². The Morgan fingerprint density at radius 1 is 1.04 bits per heavy atom. The summed E-state index contributed by atoms with van der Waals surface area (Å²) < 4.78 is 49.2. The van der Waals surface area contributed by atoms with Gasteiger partial charge in [-0.3, -0.25) is 0 Å². The molecule has 0 N–H and O–H groups in total. The van der Waals surface area contributed by atoms with Crippen LogP contribution in [0.2, 0.25) is 0 Å². The molecule has 0 saturated heterocycles. The molecule has 140 valence electrons. The van der Waals surface area contributed by atoms with Crippen LogP contribution in [0.1, 0.15) is 41.6 Å². The summed E-state index contributed by atoms with van der Waals surface area (Å²) in [5.74, 6) is -0.980. The molecule has 0 spiro atoms. The van der Waals surface area contributed by atoms with Crippen molar-refractivity contribution >= 4 is 16.7 Å². The minimum atomic E-state index is -4.12. The van der Waals surface area contributed by atoms with Gasteiger partial charge in [0.15, 0.2) is 0 Å². The van der Waals surface area contributed by atoms with Gasteiger partial charge in [0.25, 0.3) is 0 Å². The molecule has 1 aliphatic rings. The van der Waals surface area contributed by atoms with E-state index in [2.05, 4.69) is 0 Å². The number of esters is 1. The van der Waals surface area contributed by atoms with Crippen molar-refractivity contribution in [1.29, 1.82) is 0 Å². The molecular weight excluding hydrogens is 345 g/mol. The van der Waals surface area contributed by atoms with Gasteiger partial charge in [-0.25, -0.2) is 4.79 Å². The van der Waals surface area contributed by atoms with E-state index in [0.717, 1.165) is 16.3 Å². The van der Waals surface area contributed by atoms with Crippen molar-refractivity contribution in [3.63, 3.8) is 0 Å². The van der Waals surface area contributed by atoms with Gasteiger partial charge < -0.3 is 9.47 Å². The molecule has 26 heavy (non-hydrogen) atoms. The van der Waals surface area contributed by atoms with E-state index in [1.165, 1.54) is 7.11 Å². The second-order valence-electron chi connectivity index (χ2n) is 6.71. The molecule has 3 rings (SSSR count). The standard InChI is InChI=1S/C20H21F3O3/c1-12-15-4-3-5-17(19(24)25-2)16(15)10-11-18(12)26-14-8-6-13(7-9-14)20(21,22)23/h3-5,10-11,13-14H,6-9H2,1-2H3. The van der Waals surface area contributed by atoms with Crippen molar-refractivity contribution in [3.8, 4) is 5.75 Å². The summed E-state index contributed by atoms with van der Waals surface area (Å²) in [6, 6.07) is 8.95. The molecule has 0 unspecified atom stereocenters. The van der Waals surface area contributed by atoms with Crippen LogP contribution in [-0.4, -0.2) is 25.4 Å². The summed E-state index contributed by atoms with van der Waals surface area (Å²) in [6.45, 7) is 1.89. The summed E-state index contributed by atoms with van der Waals surface area (Å²) in [5, 5.41) is 1.64. The average molecular weight is 366 g/mol. The second kappa shape index (κ2) is 7.17. The van der Waals surface area contributed by atoms with Gasteiger partial charge in [0.2, 0.25) is 0 Å². The number of ether oxygens (including phenoxy) is 2. The van der Waals surface area contributed by atoms with Gasteiger partial charge in [-0.2, -0.15) is 13.2 Å². The van der Waals surface area contributed by atoms with E-state index < -0.39 is 18.1 Å². The fourth-order valence-electron chi connectivity index (χ4n) is 3.59. The number of benzene rings is 2. The fourth-order valence-corrected chi connectivity index (χ4v) is 3.59. The van der Waals surface area contributed by atoms with Gasteiger partial charge in [0, 0.05) is 0 Å². The zero-order chi connectivity index (χ0) is 18.9. The van der Waals surface area contributed by atoms with Crippen LogP contribution in [0.3, 0.4) is 0 Å². The zero-order valence-electron chi connectivity index (χ0n) is 14.7. The highest BCUT2D eigenvalue weighted by atomic mass is 19.4. The predicted molar refractivity (Wildman–Crippen MR) is 92.5 cm³/mol. The third kappa shape index (κ3) is 3.64. The minimum absolute atomic E-state index is 0.104. The molecule has 1 fully saturated rings. The summed E-state index contributed by atoms with van der Waals surface area (Å²) in [4.78, 5) is 11.9. The number of fused-ring (bicyclic) bond motifs is 1. The number of methoxy groups -OCH3 is 1. The number of hydrogen-bond acceptors (Lipinski definition) is 3. The van der Waals surface area contributed by atoms with Gasteiger partial charge in [-0.05, 0) is 67.1 Å². The number of alkyl halides is 3. The van der Waals surface area contributed by atoms with E-state index in [4.69, 9.17) is 9.47 Å². The SMILES string of the molecule is COC(=O)c1cccc2c(C)c(OC3CCC(C(F)(F)F)CC3)ccc12. The topological polar surface area (TPSA) is 35.5 Å². The van der Waals surface area contributed by atoms with Crippen LogP contribution in [0.15, 0.2) is 30.3 Å². The molecular formula is C20H21F3O3. The van der Waals surface area contributed by atoms with Crippen molar-refractivity contribution in [1.82, 2.24) is 0 Å². The zero-order valence-corrected chi connectivity index (χ0v) is 14.7. The maximum Gasteiger partial charge on any atom is 0.391 e. The van der Waals surface area contributed by atoms with Crippen molar-refractivity contribution in [2.45, 2.75) is 44.9 Å². The number of rotatable bonds is 3. The largest absolute Gasteiger partial charge is 0.490 e. The maximum absolute atomic E-state index is 12.8. The van der Waals surface area contributed by atoms with Crippen LogP contribution in [0.5, 0.6) is 5.75 Å². The van der Waals surface area contributed by atoms with Gasteiger partial charge in [0.05, 0.1) is 24.7 Å². The third-order valence-corrected chi connectivity index (χ3v) is 5.12. The maximum atomic E-state index is 12.8. The van der Waals surface area contributed by atoms with Crippen molar-refractivity contribution in [3.05, 3.63) is 41.5 Å². The number of hydrogen-bond donors (Lipinski definition) is 0. The quantitative estimate of drug-likeness (QED) is 0.679. The van der Waals surface area contributed by atoms with Crippen molar-refractivity contribution in [2.75, 3.05) is 7.11 Å². The Labute approximate surface area is 150 Å². The smallest absolute Gasteiger partial charge is 0.391 e. The number of halogens is 3. The van der Waals surface area contributed by atoms with Gasteiger partial charge in [0.1, 0.15) is 5.75 Å². The molecule has 1 saturated carbocycles. The fraction of sp³-hybridized carbons (Fsp3) is 0.450. The predicted octanol–water partition coefficient (Wildman–Crippen LogP) is 5.43. The van der Waals surface area contributed by atoms with Crippen LogP contribution in [0.25, 0.3) is 10.8 Å². The molecule has 2 aromatic carbocycles. The lowest BCUT2D eigenvalue weighted by Gasteiger charge is -2.30. The summed E-state index contributed by atoms with van der Waals surface area (Å²) in [6.07, 6.45) is -3.34. The highest BCUT2D eigenvalue weighted by molar-refractivity contribution is 6.05. The first-order chi connectivity index (χ1) is 12.3. The lowest BCUT2D eigenvalue weighted by atomic mass is 9.87. The first-order valence-corrected chi connectivity index (χ1v) is 8.65. The summed E-state index contributed by atoms with van der Waals surface area (Å²) in [7, 11) is 1.34. The molecule has 0 bridgehead atoms. The normalized spacial score (nSPS) is 20.8. The summed E-state index contributed by atoms with van der Waals surface area (Å²) in [5.41, 5.74) is 1.34. The first kappa shape index (κ1) is 18.5. The van der Waals surface area contributed by atoms with Crippen molar-refractivity contribution < 1.29 is 27.4 Å². The molecule has 0 atom stereocenters. The van der Waals surface area contributed by atoms with Crippen LogP contribution in [0, 0.1) is 12.8 Å². The van der Waals surface area contributed by atoms with Gasteiger partial charge in [-0.1, -0.05) is 12.1 Å². The summed E-state index contributed by atoms with van der Waals surface area (Å²) >= 11 is 0. The van der Waals surface area contributed by atoms with E-state index in [1.807, 2.05) is 13.0 Å². The number of carbonyl (C=O) groups excluding carboxylic acids is 1. The molecule has 2 aromatic rings. The van der Waals surface area contributed by atoms with Crippen LogP contribution < -0.4 is 4.74 Å². The molecule has 0 aliphatic heterocycles. The van der Waals surface area contributed by atoms with E-state index in [0.29, 0.717) is 24.2 Å². The van der Waals surface area contributed by atoms with E-state index in [9.17, 15) is 18.0 Å². The third-order valence-electron chi connectivity index (χ3n) is 5.12. The molecule has 0 radical (unpaired) electrons. The molecule has 3 nitrogen and oxygen atoms in total. The highest BCUT2D eigenvalue weighted by Crippen LogP contribution is 2.39. The van der Waals surface area contributed by atoms with Gasteiger partial charge in [-0.15, -0.1) is 0 Å². The van der Waals surface area contributed by atoms with Gasteiger partial charge >= 0.3 is 12.1 Å². The average Bonchev–Trinajstić information content (AvgIpc) is 2.62. The van der Waals surface area contributed by atoms with Crippen molar-refractivity contribution in [2.24, 2.45) is 5.92 Å². The molecule has 6 heteroatoms. The Bertz CT molecular complexity index is 806. The van der Waals surface area contributed by atoms with E-state index in [-0.39, 0.29) is 18.9 Å². The molecule has 0 amide bonds. The molecule has 1 aliphatic carbocycles. The second-order valence-corrected chi connectivity index (χ2v) is 6.71.